The van der Waals surface area contributed by atoms with E-state index in [0.29, 0.717) is 39.4 Å². The van der Waals surface area contributed by atoms with Crippen LogP contribution >= 0.6 is 11.3 Å². The molecule has 0 saturated carbocycles. The lowest BCUT2D eigenvalue weighted by Crippen LogP contribution is -2.22. The number of nitrogens with zero attached hydrogens (tertiary/aromatic N) is 3. The second kappa shape index (κ2) is 6.88. The SMILES string of the molecule is FC(F)(F)c1ccc(-c2cnc3ccc(NC4CCCNCC4)nn23)s1. The Labute approximate surface area is 152 Å². The fourth-order valence-corrected chi connectivity index (χ4v) is 3.99. The molecule has 3 aromatic heterocycles. The van der Waals surface area contributed by atoms with Gasteiger partial charge in [0.15, 0.2) is 5.65 Å². The van der Waals surface area contributed by atoms with Crippen LogP contribution in [0.4, 0.5) is 19.0 Å². The van der Waals surface area contributed by atoms with Crippen LogP contribution in [0.3, 0.4) is 0 Å². The van der Waals surface area contributed by atoms with Gasteiger partial charge in [-0.3, -0.25) is 0 Å². The molecule has 1 unspecified atom stereocenters. The number of nitrogens with one attached hydrogen (secondary N) is 2. The van der Waals surface area contributed by atoms with Crippen LogP contribution in [-0.2, 0) is 6.18 Å². The first kappa shape index (κ1) is 17.3. The van der Waals surface area contributed by atoms with E-state index >= 15 is 0 Å². The van der Waals surface area contributed by atoms with E-state index < -0.39 is 11.1 Å². The van der Waals surface area contributed by atoms with Gasteiger partial charge in [0.1, 0.15) is 16.4 Å². The van der Waals surface area contributed by atoms with Crippen molar-refractivity contribution in [2.75, 3.05) is 18.4 Å². The average Bonchev–Trinajstić information content (AvgIpc) is 3.16. The fraction of sp³-hybridized carbons (Fsp3) is 0.412. The smallest absolute Gasteiger partial charge is 0.366 e. The van der Waals surface area contributed by atoms with E-state index in [2.05, 4.69) is 20.7 Å². The number of thiophene rings is 1. The number of aromatic nitrogens is 3. The standard InChI is InChI=1S/C17H18F3N5S/c18-17(19,20)14-4-3-13(26-14)12-10-22-16-6-5-15(24-25(12)16)23-11-2-1-8-21-9-7-11/h3-6,10-11,21H,1-2,7-9H2,(H,23,24). The first-order valence-corrected chi connectivity index (χ1v) is 9.32. The van der Waals surface area contributed by atoms with Gasteiger partial charge in [0.25, 0.3) is 0 Å². The van der Waals surface area contributed by atoms with Crippen molar-refractivity contribution in [3.8, 4) is 10.6 Å². The van der Waals surface area contributed by atoms with E-state index in [1.165, 1.54) is 6.07 Å². The molecule has 5 nitrogen and oxygen atoms in total. The quantitative estimate of drug-likeness (QED) is 0.719. The largest absolute Gasteiger partial charge is 0.425 e. The summed E-state index contributed by atoms with van der Waals surface area (Å²) in [7, 11) is 0. The number of anilines is 1. The number of fused-ring (bicyclic) bond motifs is 1. The maximum atomic E-state index is 12.9. The van der Waals surface area contributed by atoms with E-state index in [4.69, 9.17) is 0 Å². The van der Waals surface area contributed by atoms with Gasteiger partial charge in [0, 0.05) is 6.04 Å². The van der Waals surface area contributed by atoms with Crippen molar-refractivity contribution in [2.24, 2.45) is 0 Å². The Morgan fingerprint density at radius 1 is 1.15 bits per heavy atom. The summed E-state index contributed by atoms with van der Waals surface area (Å²) in [5.74, 6) is 0.705. The second-order valence-electron chi connectivity index (χ2n) is 6.32. The third-order valence-electron chi connectivity index (χ3n) is 4.43. The zero-order valence-electron chi connectivity index (χ0n) is 13.9. The van der Waals surface area contributed by atoms with Gasteiger partial charge in [-0.25, -0.2) is 9.50 Å². The maximum Gasteiger partial charge on any atom is 0.425 e. The highest BCUT2D eigenvalue weighted by Crippen LogP contribution is 2.38. The minimum atomic E-state index is -4.34. The molecule has 2 N–H and O–H groups in total. The molecular weight excluding hydrogens is 363 g/mol. The summed E-state index contributed by atoms with van der Waals surface area (Å²) in [6, 6.07) is 6.59. The highest BCUT2D eigenvalue weighted by Gasteiger charge is 2.32. The van der Waals surface area contributed by atoms with Gasteiger partial charge >= 0.3 is 6.18 Å². The van der Waals surface area contributed by atoms with Gasteiger partial charge in [0.05, 0.1) is 11.1 Å². The molecule has 0 aromatic carbocycles. The average molecular weight is 381 g/mol. The van der Waals surface area contributed by atoms with Gasteiger partial charge < -0.3 is 10.6 Å². The van der Waals surface area contributed by atoms with Crippen molar-refractivity contribution in [3.63, 3.8) is 0 Å². The van der Waals surface area contributed by atoms with Crippen LogP contribution in [0.25, 0.3) is 16.2 Å². The Bertz CT molecular complexity index is 893. The summed E-state index contributed by atoms with van der Waals surface area (Å²) in [5.41, 5.74) is 1.17. The highest BCUT2D eigenvalue weighted by atomic mass is 32.1. The molecule has 4 heterocycles. The fourth-order valence-electron chi connectivity index (χ4n) is 3.12. The van der Waals surface area contributed by atoms with Crippen molar-refractivity contribution in [3.05, 3.63) is 35.3 Å². The van der Waals surface area contributed by atoms with Crippen molar-refractivity contribution < 1.29 is 13.2 Å². The summed E-state index contributed by atoms with van der Waals surface area (Å²) < 4.78 is 40.2. The molecule has 1 atom stereocenters. The third kappa shape index (κ3) is 3.54. The summed E-state index contributed by atoms with van der Waals surface area (Å²) >= 11 is 0.702. The lowest BCUT2D eigenvalue weighted by atomic mass is 10.1. The predicted octanol–water partition coefficient (Wildman–Crippen LogP) is 4.03. The molecule has 9 heteroatoms. The number of alkyl halides is 3. The number of halogens is 3. The first-order chi connectivity index (χ1) is 12.5. The van der Waals surface area contributed by atoms with Crippen molar-refractivity contribution in [1.82, 2.24) is 19.9 Å². The number of hydrogen-bond donors (Lipinski definition) is 2. The van der Waals surface area contributed by atoms with Crippen LogP contribution in [-0.4, -0.2) is 33.7 Å². The van der Waals surface area contributed by atoms with Gasteiger partial charge in [-0.1, -0.05) is 0 Å². The molecule has 1 aliphatic rings. The molecule has 1 aliphatic heterocycles. The van der Waals surface area contributed by atoms with Crippen molar-refractivity contribution in [1.29, 1.82) is 0 Å². The molecule has 4 rings (SSSR count). The molecule has 1 saturated heterocycles. The molecule has 0 amide bonds. The number of imidazole rings is 1. The van der Waals surface area contributed by atoms with Gasteiger partial charge in [-0.05, 0) is 56.6 Å². The Balaban J connectivity index is 1.63. The Morgan fingerprint density at radius 2 is 2.04 bits per heavy atom. The number of hydrogen-bond acceptors (Lipinski definition) is 5. The van der Waals surface area contributed by atoms with E-state index in [9.17, 15) is 13.2 Å². The molecule has 26 heavy (non-hydrogen) atoms. The van der Waals surface area contributed by atoms with Crippen LogP contribution in [0.15, 0.2) is 30.5 Å². The van der Waals surface area contributed by atoms with Gasteiger partial charge in [-0.2, -0.15) is 13.2 Å². The summed E-state index contributed by atoms with van der Waals surface area (Å²) in [6.07, 6.45) is 0.399. The lowest BCUT2D eigenvalue weighted by Gasteiger charge is -2.16. The maximum absolute atomic E-state index is 12.9. The predicted molar refractivity (Wildman–Crippen MR) is 95.4 cm³/mol. The van der Waals surface area contributed by atoms with Crippen LogP contribution in [0, 0.1) is 0 Å². The number of rotatable bonds is 3. The van der Waals surface area contributed by atoms with E-state index in [1.54, 1.807) is 10.7 Å². The molecule has 0 spiro atoms. The zero-order chi connectivity index (χ0) is 18.1. The van der Waals surface area contributed by atoms with Crippen molar-refractivity contribution in [2.45, 2.75) is 31.5 Å². The molecule has 3 aromatic rings. The van der Waals surface area contributed by atoms with Crippen LogP contribution in [0.1, 0.15) is 24.1 Å². The monoisotopic (exact) mass is 381 g/mol. The molecule has 0 bridgehead atoms. The topological polar surface area (TPSA) is 54.2 Å². The van der Waals surface area contributed by atoms with Crippen molar-refractivity contribution >= 4 is 22.8 Å². The van der Waals surface area contributed by atoms with Crippen LogP contribution in [0.5, 0.6) is 0 Å². The molecular formula is C17H18F3N5S. The normalized spacial score (nSPS) is 18.8. The summed E-state index contributed by atoms with van der Waals surface area (Å²) in [6.45, 7) is 1.99. The molecule has 1 fully saturated rings. The molecule has 0 aliphatic carbocycles. The summed E-state index contributed by atoms with van der Waals surface area (Å²) in [5, 5.41) is 11.4. The minimum absolute atomic E-state index is 0.334. The Kier molecular flexibility index (Phi) is 4.58. The van der Waals surface area contributed by atoms with E-state index in [0.717, 1.165) is 38.4 Å². The zero-order valence-corrected chi connectivity index (χ0v) is 14.7. The highest BCUT2D eigenvalue weighted by molar-refractivity contribution is 7.15. The molecule has 0 radical (unpaired) electrons. The Hall–Kier alpha value is -2.13. The van der Waals surface area contributed by atoms with E-state index in [1.807, 2.05) is 12.1 Å². The van der Waals surface area contributed by atoms with E-state index in [-0.39, 0.29) is 0 Å². The Morgan fingerprint density at radius 3 is 2.85 bits per heavy atom. The van der Waals surface area contributed by atoms with Crippen LogP contribution < -0.4 is 10.6 Å². The second-order valence-corrected chi connectivity index (χ2v) is 7.40. The third-order valence-corrected chi connectivity index (χ3v) is 5.58. The van der Waals surface area contributed by atoms with Gasteiger partial charge in [0.2, 0.25) is 0 Å². The molecule has 138 valence electrons. The minimum Gasteiger partial charge on any atom is -0.366 e. The summed E-state index contributed by atoms with van der Waals surface area (Å²) in [4.78, 5) is 4.13. The van der Waals surface area contributed by atoms with Gasteiger partial charge in [-0.15, -0.1) is 16.4 Å². The lowest BCUT2D eigenvalue weighted by molar-refractivity contribution is -0.134. The first-order valence-electron chi connectivity index (χ1n) is 8.50. The van der Waals surface area contributed by atoms with Crippen LogP contribution in [0.2, 0.25) is 0 Å².